The molecule has 3 heterocycles. The molecule has 2 aromatic heterocycles. The van der Waals surface area contributed by atoms with E-state index in [1.807, 2.05) is 6.92 Å². The summed E-state index contributed by atoms with van der Waals surface area (Å²) in [6.45, 7) is 5.42. The number of hydrogen-bond donors (Lipinski definition) is 3. The van der Waals surface area contributed by atoms with Gasteiger partial charge in [-0.3, -0.25) is 9.59 Å². The predicted octanol–water partition coefficient (Wildman–Crippen LogP) is 1.52. The second-order valence-electron chi connectivity index (χ2n) is 8.05. The maximum absolute atomic E-state index is 12.7. The van der Waals surface area contributed by atoms with E-state index in [9.17, 15) is 22.8 Å². The highest BCUT2D eigenvalue weighted by molar-refractivity contribution is 6.00. The molecule has 0 spiro atoms. The van der Waals surface area contributed by atoms with Crippen molar-refractivity contribution < 1.29 is 22.7 Å². The van der Waals surface area contributed by atoms with Gasteiger partial charge in [-0.1, -0.05) is 0 Å². The summed E-state index contributed by atoms with van der Waals surface area (Å²) in [5.74, 6) is 0.115. The minimum atomic E-state index is -4.49. The second-order valence-corrected chi connectivity index (χ2v) is 8.05. The highest BCUT2D eigenvalue weighted by Crippen LogP contribution is 2.28. The van der Waals surface area contributed by atoms with Crippen LogP contribution >= 0.6 is 0 Å². The Kier molecular flexibility index (Phi) is 8.38. The van der Waals surface area contributed by atoms with Gasteiger partial charge in [-0.25, -0.2) is 15.1 Å². The minimum Gasteiger partial charge on any atom is -0.381 e. The summed E-state index contributed by atoms with van der Waals surface area (Å²) in [6, 6.07) is -0.163. The zero-order chi connectivity index (χ0) is 25.6. The molecule has 11 nitrogen and oxygen atoms in total. The monoisotopic (exact) mass is 496 g/mol. The molecule has 2 aromatic rings. The number of rotatable bonds is 9. The van der Waals surface area contributed by atoms with E-state index in [4.69, 9.17) is 10.1 Å². The van der Waals surface area contributed by atoms with E-state index in [0.29, 0.717) is 31.9 Å². The average molecular weight is 496 g/mol. The minimum absolute atomic E-state index is 0.0849. The van der Waals surface area contributed by atoms with Gasteiger partial charge in [0.25, 0.3) is 5.56 Å². The molecule has 3 N–H and O–H groups in total. The van der Waals surface area contributed by atoms with Crippen LogP contribution in [0.15, 0.2) is 23.4 Å². The van der Waals surface area contributed by atoms with Crippen LogP contribution in [0.3, 0.4) is 0 Å². The van der Waals surface area contributed by atoms with Gasteiger partial charge in [-0.2, -0.15) is 18.3 Å². The zero-order valence-electron chi connectivity index (χ0n) is 19.4. The third kappa shape index (κ3) is 6.74. The summed E-state index contributed by atoms with van der Waals surface area (Å²) in [6.07, 6.45) is -1.36. The van der Waals surface area contributed by atoms with Gasteiger partial charge in [0.05, 0.1) is 42.6 Å². The van der Waals surface area contributed by atoms with E-state index in [2.05, 4.69) is 25.5 Å². The molecule has 1 atom stereocenters. The summed E-state index contributed by atoms with van der Waals surface area (Å²) in [4.78, 5) is 35.5. The van der Waals surface area contributed by atoms with Crippen molar-refractivity contribution >= 4 is 23.3 Å². The van der Waals surface area contributed by atoms with E-state index in [-0.39, 0.29) is 48.8 Å². The maximum Gasteiger partial charge on any atom is 0.419 e. The van der Waals surface area contributed by atoms with Crippen molar-refractivity contribution in [2.24, 2.45) is 0 Å². The third-order valence-electron chi connectivity index (χ3n) is 5.46. The van der Waals surface area contributed by atoms with Crippen LogP contribution in [0.25, 0.3) is 0 Å². The van der Waals surface area contributed by atoms with Crippen LogP contribution in [0.1, 0.15) is 31.4 Å². The standard InChI is InChI=1S/C21H27F3N8O3/c1-13-12-31(5-6-32(13)20-27-9-15(10-28-20)21(22,23)24)17(33)3-7-35-8-4-26-16-11-29-30-19(34)18(16)14(2)25/h9-11,13,25H,3-8,12H2,1-2H3,(H2,26,30,34). The Morgan fingerprint density at radius 2 is 1.97 bits per heavy atom. The predicted molar refractivity (Wildman–Crippen MR) is 122 cm³/mol. The van der Waals surface area contributed by atoms with Gasteiger partial charge in [0.1, 0.15) is 0 Å². The summed E-state index contributed by atoms with van der Waals surface area (Å²) in [7, 11) is 0. The number of aromatic nitrogens is 4. The quantitative estimate of drug-likeness (QED) is 0.351. The summed E-state index contributed by atoms with van der Waals surface area (Å²) in [5.41, 5.74) is -0.595. The molecular formula is C21H27F3N8O3. The number of aromatic amines is 1. The normalized spacial score (nSPS) is 16.3. The van der Waals surface area contributed by atoms with Gasteiger partial charge < -0.3 is 25.3 Å². The van der Waals surface area contributed by atoms with E-state index >= 15 is 0 Å². The van der Waals surface area contributed by atoms with Crippen molar-refractivity contribution in [3.8, 4) is 0 Å². The lowest BCUT2D eigenvalue weighted by Crippen LogP contribution is -2.54. The Morgan fingerprint density at radius 3 is 2.60 bits per heavy atom. The average Bonchev–Trinajstić information content (AvgIpc) is 2.80. The summed E-state index contributed by atoms with van der Waals surface area (Å²) in [5, 5.41) is 16.7. The first-order chi connectivity index (χ1) is 16.6. The van der Waals surface area contributed by atoms with Gasteiger partial charge in [0, 0.05) is 50.3 Å². The van der Waals surface area contributed by atoms with Gasteiger partial charge >= 0.3 is 6.18 Å². The molecule has 1 aliphatic rings. The number of carbonyl (C=O) groups excluding carboxylic acids is 1. The van der Waals surface area contributed by atoms with Crippen LogP contribution < -0.4 is 15.8 Å². The van der Waals surface area contributed by atoms with Crippen LogP contribution in [-0.4, -0.2) is 82.1 Å². The fourth-order valence-corrected chi connectivity index (χ4v) is 3.68. The van der Waals surface area contributed by atoms with Crippen molar-refractivity contribution in [3.63, 3.8) is 0 Å². The molecular weight excluding hydrogens is 469 g/mol. The molecule has 14 heteroatoms. The van der Waals surface area contributed by atoms with E-state index in [1.54, 1.807) is 9.80 Å². The van der Waals surface area contributed by atoms with Crippen molar-refractivity contribution in [1.82, 2.24) is 25.1 Å². The first-order valence-corrected chi connectivity index (χ1v) is 11.0. The van der Waals surface area contributed by atoms with Gasteiger partial charge in [-0.05, 0) is 13.8 Å². The van der Waals surface area contributed by atoms with Gasteiger partial charge in [0.2, 0.25) is 11.9 Å². The van der Waals surface area contributed by atoms with E-state index in [1.165, 1.54) is 13.1 Å². The molecule has 35 heavy (non-hydrogen) atoms. The SMILES string of the molecule is CC(=N)c1c(NCCOCCC(=O)N2CCN(c3ncc(C(F)(F)F)cn3)C(C)C2)cn[nH]c1=O. The molecule has 1 fully saturated rings. The number of hydrogen-bond acceptors (Lipinski definition) is 9. The van der Waals surface area contributed by atoms with E-state index in [0.717, 1.165) is 12.4 Å². The van der Waals surface area contributed by atoms with Crippen LogP contribution in [0.2, 0.25) is 0 Å². The number of anilines is 2. The van der Waals surface area contributed by atoms with Crippen molar-refractivity contribution in [1.29, 1.82) is 5.41 Å². The lowest BCUT2D eigenvalue weighted by molar-refractivity contribution is -0.138. The molecule has 0 aromatic carbocycles. The van der Waals surface area contributed by atoms with Crippen molar-refractivity contribution in [2.45, 2.75) is 32.5 Å². The number of H-pyrrole nitrogens is 1. The van der Waals surface area contributed by atoms with Crippen molar-refractivity contribution in [2.75, 3.05) is 49.6 Å². The molecule has 0 saturated carbocycles. The van der Waals surface area contributed by atoms with Crippen LogP contribution in [0.5, 0.6) is 0 Å². The largest absolute Gasteiger partial charge is 0.419 e. The number of nitrogens with one attached hydrogen (secondary N) is 3. The summed E-state index contributed by atoms with van der Waals surface area (Å²) >= 11 is 0. The highest BCUT2D eigenvalue weighted by atomic mass is 19.4. The molecule has 0 bridgehead atoms. The number of ether oxygens (including phenoxy) is 1. The maximum atomic E-state index is 12.7. The molecule has 1 amide bonds. The Hall–Kier alpha value is -3.55. The molecule has 3 rings (SSSR count). The molecule has 1 aliphatic heterocycles. The summed E-state index contributed by atoms with van der Waals surface area (Å²) < 4.78 is 43.6. The first kappa shape index (κ1) is 26.1. The number of alkyl halides is 3. The van der Waals surface area contributed by atoms with Crippen LogP contribution in [-0.2, 0) is 15.7 Å². The second kappa shape index (κ2) is 11.3. The molecule has 0 radical (unpaired) electrons. The topological polar surface area (TPSA) is 140 Å². The number of piperazine rings is 1. The molecule has 0 aliphatic carbocycles. The number of carbonyl (C=O) groups is 1. The highest BCUT2D eigenvalue weighted by Gasteiger charge is 2.33. The van der Waals surface area contributed by atoms with Gasteiger partial charge in [-0.15, -0.1) is 0 Å². The fraction of sp³-hybridized carbons (Fsp3) is 0.524. The number of halogens is 3. The van der Waals surface area contributed by atoms with Crippen LogP contribution in [0, 0.1) is 5.41 Å². The van der Waals surface area contributed by atoms with Crippen LogP contribution in [0.4, 0.5) is 24.8 Å². The zero-order valence-corrected chi connectivity index (χ0v) is 19.4. The fourth-order valence-electron chi connectivity index (χ4n) is 3.68. The lowest BCUT2D eigenvalue weighted by atomic mass is 10.2. The third-order valence-corrected chi connectivity index (χ3v) is 5.46. The lowest BCUT2D eigenvalue weighted by Gasteiger charge is -2.39. The first-order valence-electron chi connectivity index (χ1n) is 11.0. The Labute approximate surface area is 199 Å². The van der Waals surface area contributed by atoms with E-state index < -0.39 is 17.3 Å². The molecule has 1 saturated heterocycles. The Morgan fingerprint density at radius 1 is 1.26 bits per heavy atom. The smallest absolute Gasteiger partial charge is 0.381 e. The van der Waals surface area contributed by atoms with Crippen molar-refractivity contribution in [3.05, 3.63) is 40.1 Å². The number of amides is 1. The Bertz CT molecular complexity index is 1090. The molecule has 1 unspecified atom stereocenters. The Balaban J connectivity index is 1.39. The molecule has 190 valence electrons. The van der Waals surface area contributed by atoms with Gasteiger partial charge in [0.15, 0.2) is 0 Å². The number of nitrogens with zero attached hydrogens (tertiary/aromatic N) is 5.